The summed E-state index contributed by atoms with van der Waals surface area (Å²) in [4.78, 5) is 34.2. The lowest BCUT2D eigenvalue weighted by molar-refractivity contribution is -0.384. The number of fused-ring (bicyclic) bond motifs is 1. The Labute approximate surface area is 150 Å². The number of hydrogen-bond acceptors (Lipinski definition) is 6. The van der Waals surface area contributed by atoms with Gasteiger partial charge in [-0.1, -0.05) is 35.9 Å². The highest BCUT2D eigenvalue weighted by atomic mass is 35.5. The maximum Gasteiger partial charge on any atom is 0.292 e. The third-order valence-electron chi connectivity index (χ3n) is 3.46. The van der Waals surface area contributed by atoms with Crippen molar-refractivity contribution in [1.82, 2.24) is 15.6 Å². The van der Waals surface area contributed by atoms with E-state index < -0.39 is 16.4 Å². The maximum atomic E-state index is 12.3. The first-order valence-corrected chi connectivity index (χ1v) is 7.60. The van der Waals surface area contributed by atoms with E-state index in [1.54, 1.807) is 24.3 Å². The van der Waals surface area contributed by atoms with Crippen LogP contribution in [-0.2, 0) is 0 Å². The van der Waals surface area contributed by atoms with Gasteiger partial charge in [-0.3, -0.25) is 19.7 Å². The van der Waals surface area contributed by atoms with Gasteiger partial charge in [0.25, 0.3) is 17.2 Å². The van der Waals surface area contributed by atoms with Crippen molar-refractivity contribution < 1.29 is 9.72 Å². The first kappa shape index (κ1) is 17.2. The zero-order valence-electron chi connectivity index (χ0n) is 13.0. The van der Waals surface area contributed by atoms with Crippen LogP contribution in [0.3, 0.4) is 0 Å². The second kappa shape index (κ2) is 7.11. The van der Waals surface area contributed by atoms with Crippen LogP contribution in [-0.4, -0.2) is 27.2 Å². The highest BCUT2D eigenvalue weighted by molar-refractivity contribution is 6.32. The lowest BCUT2D eigenvalue weighted by Gasteiger charge is -2.03. The Hall–Kier alpha value is -3.59. The molecule has 0 aliphatic carbocycles. The van der Waals surface area contributed by atoms with Crippen LogP contribution in [0.5, 0.6) is 0 Å². The van der Waals surface area contributed by atoms with Gasteiger partial charge in [0.15, 0.2) is 5.69 Å². The minimum atomic E-state index is -0.642. The Balaban J connectivity index is 1.83. The molecule has 1 heterocycles. The third-order valence-corrected chi connectivity index (χ3v) is 3.78. The second-order valence-electron chi connectivity index (χ2n) is 5.11. The highest BCUT2D eigenvalue weighted by Gasteiger charge is 2.14. The molecule has 0 spiro atoms. The average molecular weight is 372 g/mol. The molecule has 1 amide bonds. The lowest BCUT2D eigenvalue weighted by Crippen LogP contribution is -2.22. The van der Waals surface area contributed by atoms with E-state index in [2.05, 4.69) is 20.7 Å². The Morgan fingerprint density at radius 1 is 1.27 bits per heavy atom. The molecule has 3 aromatic rings. The monoisotopic (exact) mass is 371 g/mol. The number of halogens is 1. The van der Waals surface area contributed by atoms with Crippen molar-refractivity contribution in [2.45, 2.75) is 0 Å². The number of H-pyrrole nitrogens is 1. The van der Waals surface area contributed by atoms with Crippen molar-refractivity contribution >= 4 is 40.2 Å². The molecule has 3 rings (SSSR count). The minimum Gasteiger partial charge on any atom is -0.267 e. The summed E-state index contributed by atoms with van der Waals surface area (Å²) in [5, 5.41) is 21.3. The average Bonchev–Trinajstić information content (AvgIpc) is 2.63. The van der Waals surface area contributed by atoms with Crippen LogP contribution in [0, 0.1) is 10.1 Å². The largest absolute Gasteiger partial charge is 0.292 e. The number of carbonyl (C=O) groups excluding carboxylic acids is 1. The summed E-state index contributed by atoms with van der Waals surface area (Å²) >= 11 is 5.73. The van der Waals surface area contributed by atoms with Gasteiger partial charge in [-0.2, -0.15) is 10.2 Å². The number of aromatic amines is 1. The molecular weight excluding hydrogens is 362 g/mol. The predicted molar refractivity (Wildman–Crippen MR) is 95.5 cm³/mol. The summed E-state index contributed by atoms with van der Waals surface area (Å²) in [6, 6.07) is 10.6. The maximum absolute atomic E-state index is 12.3. The fourth-order valence-corrected chi connectivity index (χ4v) is 2.44. The third kappa shape index (κ3) is 3.42. The number of nitrogens with zero attached hydrogens (tertiary/aromatic N) is 3. The number of amides is 1. The fraction of sp³-hybridized carbons (Fsp3) is 0. The number of hydrogen-bond donors (Lipinski definition) is 2. The minimum absolute atomic E-state index is 0.0000882. The van der Waals surface area contributed by atoms with Gasteiger partial charge in [0.2, 0.25) is 0 Å². The zero-order chi connectivity index (χ0) is 18.7. The summed E-state index contributed by atoms with van der Waals surface area (Å²) in [7, 11) is 0. The molecule has 0 unspecified atom stereocenters. The summed E-state index contributed by atoms with van der Waals surface area (Å²) in [6.45, 7) is 0. The molecule has 0 aliphatic heterocycles. The molecule has 10 heteroatoms. The number of nitro groups is 1. The molecule has 0 fully saturated rings. The van der Waals surface area contributed by atoms with Crippen LogP contribution in [0.4, 0.5) is 5.69 Å². The van der Waals surface area contributed by atoms with Crippen LogP contribution < -0.4 is 11.0 Å². The van der Waals surface area contributed by atoms with E-state index in [-0.39, 0.29) is 16.4 Å². The molecule has 2 aromatic carbocycles. The lowest BCUT2D eigenvalue weighted by atomic mass is 10.1. The number of carbonyl (C=O) groups is 1. The van der Waals surface area contributed by atoms with Crippen LogP contribution in [0.1, 0.15) is 16.1 Å². The van der Waals surface area contributed by atoms with Gasteiger partial charge in [-0.25, -0.2) is 10.5 Å². The van der Waals surface area contributed by atoms with Crippen LogP contribution in [0.2, 0.25) is 5.02 Å². The SMILES string of the molecule is O=C(N/N=C/c1ccc(Cl)c([N+](=O)[O-])c1)c1n[nH]c(=O)c2ccccc12. The van der Waals surface area contributed by atoms with Crippen LogP contribution >= 0.6 is 11.6 Å². The van der Waals surface area contributed by atoms with Crippen molar-refractivity contribution in [1.29, 1.82) is 0 Å². The summed E-state index contributed by atoms with van der Waals surface area (Å²) in [5.41, 5.74) is 1.96. The predicted octanol–water partition coefficient (Wildman–Crippen LogP) is 2.25. The van der Waals surface area contributed by atoms with E-state index in [1.807, 2.05) is 0 Å². The molecule has 0 saturated carbocycles. The smallest absolute Gasteiger partial charge is 0.267 e. The number of nitro benzene ring substituents is 1. The Morgan fingerprint density at radius 2 is 2.00 bits per heavy atom. The van der Waals surface area contributed by atoms with E-state index in [1.165, 1.54) is 24.4 Å². The van der Waals surface area contributed by atoms with Gasteiger partial charge in [0, 0.05) is 17.0 Å². The van der Waals surface area contributed by atoms with Crippen molar-refractivity contribution in [3.63, 3.8) is 0 Å². The quantitative estimate of drug-likeness (QED) is 0.412. The molecule has 9 nitrogen and oxygen atoms in total. The number of rotatable bonds is 4. The highest BCUT2D eigenvalue weighted by Crippen LogP contribution is 2.24. The molecular formula is C16H10ClN5O4. The molecule has 130 valence electrons. The van der Waals surface area contributed by atoms with Gasteiger partial charge in [-0.05, 0) is 12.1 Å². The second-order valence-corrected chi connectivity index (χ2v) is 5.52. The van der Waals surface area contributed by atoms with Crippen molar-refractivity contribution in [2.24, 2.45) is 5.10 Å². The van der Waals surface area contributed by atoms with E-state index in [0.717, 1.165) is 0 Å². The van der Waals surface area contributed by atoms with Gasteiger partial charge in [0.05, 0.1) is 16.5 Å². The molecule has 26 heavy (non-hydrogen) atoms. The molecule has 0 atom stereocenters. The first-order valence-electron chi connectivity index (χ1n) is 7.22. The van der Waals surface area contributed by atoms with Crippen molar-refractivity contribution in [3.05, 3.63) is 79.2 Å². The first-order chi connectivity index (χ1) is 12.5. The van der Waals surface area contributed by atoms with Gasteiger partial charge >= 0.3 is 0 Å². The number of nitrogens with one attached hydrogen (secondary N) is 2. The normalized spacial score (nSPS) is 11.0. The summed E-state index contributed by atoms with van der Waals surface area (Å²) < 4.78 is 0. The Morgan fingerprint density at radius 3 is 2.73 bits per heavy atom. The number of aromatic nitrogens is 2. The fourth-order valence-electron chi connectivity index (χ4n) is 2.26. The topological polar surface area (TPSA) is 130 Å². The van der Waals surface area contributed by atoms with E-state index in [0.29, 0.717) is 16.3 Å². The van der Waals surface area contributed by atoms with Crippen molar-refractivity contribution in [2.75, 3.05) is 0 Å². The molecule has 0 radical (unpaired) electrons. The Kier molecular flexibility index (Phi) is 4.72. The van der Waals surface area contributed by atoms with Gasteiger partial charge in [0.1, 0.15) is 5.02 Å². The summed E-state index contributed by atoms with van der Waals surface area (Å²) in [5.74, 6) is -0.642. The standard InChI is InChI=1S/C16H10ClN5O4/c17-12-6-5-9(7-13(12)22(25)26)8-18-20-16(24)14-10-3-1-2-4-11(10)15(23)21-19-14/h1-8H,(H,20,24)(H,21,23)/b18-8+. The van der Waals surface area contributed by atoms with E-state index in [9.17, 15) is 19.7 Å². The van der Waals surface area contributed by atoms with E-state index >= 15 is 0 Å². The molecule has 2 N–H and O–H groups in total. The van der Waals surface area contributed by atoms with Gasteiger partial charge < -0.3 is 0 Å². The summed E-state index contributed by atoms with van der Waals surface area (Å²) in [6.07, 6.45) is 1.23. The van der Waals surface area contributed by atoms with Crippen LogP contribution in [0.25, 0.3) is 10.8 Å². The van der Waals surface area contributed by atoms with Gasteiger partial charge in [-0.15, -0.1) is 0 Å². The zero-order valence-corrected chi connectivity index (χ0v) is 13.7. The number of benzene rings is 2. The number of hydrazone groups is 1. The Bertz CT molecular complexity index is 1110. The molecule has 1 aromatic heterocycles. The van der Waals surface area contributed by atoms with Crippen molar-refractivity contribution in [3.8, 4) is 0 Å². The van der Waals surface area contributed by atoms with E-state index in [4.69, 9.17) is 11.6 Å². The molecule has 0 saturated heterocycles. The molecule has 0 aliphatic rings. The molecule has 0 bridgehead atoms. The van der Waals surface area contributed by atoms with Crippen LogP contribution in [0.15, 0.2) is 52.4 Å².